The summed E-state index contributed by atoms with van der Waals surface area (Å²) in [4.78, 5) is 28.1. The SMILES string of the molecule is CC(=O)N1c2ccccc2[C@H](Nc2cc[nH]c(=O)c2)[C@@H](C)[C@@H]1C. The van der Waals surface area contributed by atoms with E-state index in [4.69, 9.17) is 0 Å². The number of carbonyl (C=O) groups excluding carboxylic acids is 1. The van der Waals surface area contributed by atoms with E-state index in [9.17, 15) is 9.59 Å². The zero-order valence-corrected chi connectivity index (χ0v) is 13.5. The Labute approximate surface area is 135 Å². The number of benzene rings is 1. The number of pyridine rings is 1. The normalized spacial score (nSPS) is 23.3. The van der Waals surface area contributed by atoms with Crippen LogP contribution in [0.25, 0.3) is 0 Å². The van der Waals surface area contributed by atoms with E-state index in [1.807, 2.05) is 35.2 Å². The number of fused-ring (bicyclic) bond motifs is 1. The lowest BCUT2D eigenvalue weighted by Crippen LogP contribution is -2.48. The van der Waals surface area contributed by atoms with Gasteiger partial charge in [-0.1, -0.05) is 25.1 Å². The van der Waals surface area contributed by atoms with Crippen LogP contribution in [0.4, 0.5) is 11.4 Å². The van der Waals surface area contributed by atoms with Gasteiger partial charge in [0, 0.05) is 42.5 Å². The first kappa shape index (κ1) is 15.3. The van der Waals surface area contributed by atoms with Gasteiger partial charge in [0.2, 0.25) is 11.5 Å². The molecule has 0 unspecified atom stereocenters. The molecule has 120 valence electrons. The minimum atomic E-state index is -0.134. The molecular weight excluding hydrogens is 290 g/mol. The van der Waals surface area contributed by atoms with E-state index in [1.54, 1.807) is 19.2 Å². The van der Waals surface area contributed by atoms with Crippen molar-refractivity contribution >= 4 is 17.3 Å². The lowest BCUT2D eigenvalue weighted by Gasteiger charge is -2.44. The number of nitrogens with zero attached hydrogens (tertiary/aromatic N) is 1. The molecule has 2 N–H and O–H groups in total. The van der Waals surface area contributed by atoms with Crippen molar-refractivity contribution in [1.29, 1.82) is 0 Å². The van der Waals surface area contributed by atoms with Crippen molar-refractivity contribution in [3.63, 3.8) is 0 Å². The van der Waals surface area contributed by atoms with Gasteiger partial charge in [0.05, 0.1) is 6.04 Å². The summed E-state index contributed by atoms with van der Waals surface area (Å²) in [5.41, 5.74) is 2.66. The van der Waals surface area contributed by atoms with E-state index in [1.165, 1.54) is 0 Å². The molecule has 1 aromatic carbocycles. The first-order valence-electron chi connectivity index (χ1n) is 7.83. The van der Waals surface area contributed by atoms with Crippen LogP contribution in [0.2, 0.25) is 0 Å². The third-order valence-electron chi connectivity index (χ3n) is 4.66. The topological polar surface area (TPSA) is 65.2 Å². The Morgan fingerprint density at radius 2 is 1.96 bits per heavy atom. The van der Waals surface area contributed by atoms with E-state index < -0.39 is 0 Å². The second-order valence-corrected chi connectivity index (χ2v) is 6.11. The van der Waals surface area contributed by atoms with Crippen molar-refractivity contribution < 1.29 is 4.79 Å². The Kier molecular flexibility index (Phi) is 3.94. The first-order chi connectivity index (χ1) is 11.0. The van der Waals surface area contributed by atoms with E-state index >= 15 is 0 Å². The summed E-state index contributed by atoms with van der Waals surface area (Å²) in [5, 5.41) is 3.46. The molecule has 0 radical (unpaired) electrons. The third kappa shape index (κ3) is 2.74. The molecule has 0 spiro atoms. The van der Waals surface area contributed by atoms with Gasteiger partial charge < -0.3 is 15.2 Å². The molecule has 2 heterocycles. The molecule has 0 fully saturated rings. The van der Waals surface area contributed by atoms with Crippen LogP contribution in [0.5, 0.6) is 0 Å². The molecule has 3 atom stereocenters. The summed E-state index contributed by atoms with van der Waals surface area (Å²) in [6.45, 7) is 5.79. The molecule has 5 nitrogen and oxygen atoms in total. The van der Waals surface area contributed by atoms with Crippen molar-refractivity contribution in [2.75, 3.05) is 10.2 Å². The summed E-state index contributed by atoms with van der Waals surface area (Å²) < 4.78 is 0. The Hall–Kier alpha value is -2.56. The minimum Gasteiger partial charge on any atom is -0.378 e. The average Bonchev–Trinajstić information content (AvgIpc) is 2.51. The van der Waals surface area contributed by atoms with Gasteiger partial charge in [0.15, 0.2) is 0 Å². The Bertz CT molecular complexity index is 784. The molecule has 0 aliphatic carbocycles. The van der Waals surface area contributed by atoms with E-state index in [0.717, 1.165) is 16.9 Å². The van der Waals surface area contributed by atoms with Crippen LogP contribution in [0.3, 0.4) is 0 Å². The minimum absolute atomic E-state index is 0.0404. The van der Waals surface area contributed by atoms with Gasteiger partial charge in [0.1, 0.15) is 0 Å². The number of carbonyl (C=O) groups is 1. The first-order valence-corrected chi connectivity index (χ1v) is 7.83. The fraction of sp³-hybridized carbons (Fsp3) is 0.333. The van der Waals surface area contributed by atoms with Crippen molar-refractivity contribution in [2.45, 2.75) is 32.9 Å². The smallest absolute Gasteiger partial charge is 0.249 e. The number of aromatic amines is 1. The van der Waals surface area contributed by atoms with Gasteiger partial charge in [-0.15, -0.1) is 0 Å². The standard InChI is InChI=1S/C18H21N3O2/c1-11-12(2)21(13(3)22)16-7-5-4-6-15(16)18(11)20-14-8-9-19-17(23)10-14/h4-12,18H,1-3H3,(H2,19,20,23)/t11-,12-,18+/m0/s1. The molecule has 1 aliphatic heterocycles. The Morgan fingerprint density at radius 3 is 2.65 bits per heavy atom. The molecule has 23 heavy (non-hydrogen) atoms. The number of anilines is 2. The van der Waals surface area contributed by atoms with Crippen molar-refractivity contribution in [2.24, 2.45) is 5.92 Å². The number of aromatic nitrogens is 1. The number of nitrogens with one attached hydrogen (secondary N) is 2. The molecule has 1 aliphatic rings. The predicted octanol–water partition coefficient (Wildman–Crippen LogP) is 2.92. The van der Waals surface area contributed by atoms with Gasteiger partial charge in [-0.2, -0.15) is 0 Å². The van der Waals surface area contributed by atoms with Gasteiger partial charge in [-0.3, -0.25) is 9.59 Å². The molecule has 2 aromatic rings. The highest BCUT2D eigenvalue weighted by molar-refractivity contribution is 5.93. The second kappa shape index (κ2) is 5.91. The molecule has 0 saturated heterocycles. The fourth-order valence-corrected chi connectivity index (χ4v) is 3.37. The Balaban J connectivity index is 2.04. The van der Waals surface area contributed by atoms with Crippen LogP contribution in [0.15, 0.2) is 47.4 Å². The molecule has 1 aromatic heterocycles. The van der Waals surface area contributed by atoms with Crippen LogP contribution < -0.4 is 15.8 Å². The quantitative estimate of drug-likeness (QED) is 0.896. The zero-order chi connectivity index (χ0) is 16.6. The van der Waals surface area contributed by atoms with Crippen molar-refractivity contribution in [3.8, 4) is 0 Å². The van der Waals surface area contributed by atoms with Crippen LogP contribution >= 0.6 is 0 Å². The number of hydrogen-bond acceptors (Lipinski definition) is 3. The number of H-pyrrole nitrogens is 1. The molecule has 1 amide bonds. The molecule has 0 bridgehead atoms. The summed E-state index contributed by atoms with van der Waals surface area (Å²) in [6, 6.07) is 11.5. The maximum atomic E-state index is 12.1. The van der Waals surface area contributed by atoms with E-state index in [-0.39, 0.29) is 29.5 Å². The van der Waals surface area contributed by atoms with Crippen LogP contribution in [0, 0.1) is 5.92 Å². The van der Waals surface area contributed by atoms with Gasteiger partial charge in [-0.05, 0) is 24.6 Å². The average molecular weight is 311 g/mol. The summed E-state index contributed by atoms with van der Waals surface area (Å²) in [6.07, 6.45) is 1.63. The summed E-state index contributed by atoms with van der Waals surface area (Å²) in [7, 11) is 0. The van der Waals surface area contributed by atoms with Crippen molar-refractivity contribution in [1.82, 2.24) is 4.98 Å². The lowest BCUT2D eigenvalue weighted by molar-refractivity contribution is -0.117. The van der Waals surface area contributed by atoms with E-state index in [0.29, 0.717) is 0 Å². The molecule has 3 rings (SSSR count). The maximum Gasteiger partial charge on any atom is 0.249 e. The van der Waals surface area contributed by atoms with Gasteiger partial charge in [0.25, 0.3) is 0 Å². The summed E-state index contributed by atoms with van der Waals surface area (Å²) in [5.74, 6) is 0.250. The van der Waals surface area contributed by atoms with Crippen LogP contribution in [-0.2, 0) is 4.79 Å². The number of para-hydroxylation sites is 1. The van der Waals surface area contributed by atoms with Gasteiger partial charge >= 0.3 is 0 Å². The third-order valence-corrected chi connectivity index (χ3v) is 4.66. The molecule has 5 heteroatoms. The highest BCUT2D eigenvalue weighted by Gasteiger charge is 2.37. The highest BCUT2D eigenvalue weighted by atomic mass is 16.2. The van der Waals surface area contributed by atoms with Crippen LogP contribution in [0.1, 0.15) is 32.4 Å². The Morgan fingerprint density at radius 1 is 1.22 bits per heavy atom. The predicted molar refractivity (Wildman–Crippen MR) is 91.7 cm³/mol. The monoisotopic (exact) mass is 311 g/mol. The maximum absolute atomic E-state index is 12.1. The number of rotatable bonds is 2. The zero-order valence-electron chi connectivity index (χ0n) is 13.5. The number of amides is 1. The van der Waals surface area contributed by atoms with E-state index in [2.05, 4.69) is 24.1 Å². The largest absolute Gasteiger partial charge is 0.378 e. The molecule has 0 saturated carbocycles. The highest BCUT2D eigenvalue weighted by Crippen LogP contribution is 2.42. The summed E-state index contributed by atoms with van der Waals surface area (Å²) >= 11 is 0. The van der Waals surface area contributed by atoms with Crippen molar-refractivity contribution in [3.05, 3.63) is 58.5 Å². The van der Waals surface area contributed by atoms with Gasteiger partial charge in [-0.25, -0.2) is 0 Å². The second-order valence-electron chi connectivity index (χ2n) is 6.11. The lowest BCUT2D eigenvalue weighted by atomic mass is 9.82. The molecular formula is C18H21N3O2. The number of hydrogen-bond donors (Lipinski definition) is 2. The fourth-order valence-electron chi connectivity index (χ4n) is 3.37. The van der Waals surface area contributed by atoms with Crippen LogP contribution in [-0.4, -0.2) is 16.9 Å².